The van der Waals surface area contributed by atoms with Gasteiger partial charge < -0.3 is 9.80 Å². The number of rotatable bonds is 4. The standard InChI is InChI=1S/C24H29F3N2O3S/c1-15-10-17(25)6-7-21(15)22-14-20(33(5,31)32)8-9-29(22)23(30)28(4)24(2,3)16-11-18(26)13-19(27)12-16/h6-7,10-13,20,22H,8-9,14H2,1-5H3/t20-,22+/m0/s1. The summed E-state index contributed by atoms with van der Waals surface area (Å²) in [6.45, 7) is 5.26. The van der Waals surface area contributed by atoms with Crippen LogP contribution in [-0.2, 0) is 15.4 Å². The first-order valence-corrected chi connectivity index (χ1v) is 12.6. The van der Waals surface area contributed by atoms with Crippen LogP contribution in [0.1, 0.15) is 49.4 Å². The van der Waals surface area contributed by atoms with E-state index in [0.29, 0.717) is 11.1 Å². The third-order valence-electron chi connectivity index (χ3n) is 6.69. The van der Waals surface area contributed by atoms with Gasteiger partial charge in [-0.1, -0.05) is 6.07 Å². The minimum atomic E-state index is -3.35. The van der Waals surface area contributed by atoms with Crippen molar-refractivity contribution in [2.45, 2.75) is 50.4 Å². The first kappa shape index (κ1) is 25.1. The van der Waals surface area contributed by atoms with Crippen LogP contribution >= 0.6 is 0 Å². The molecule has 2 atom stereocenters. The van der Waals surface area contributed by atoms with E-state index in [-0.39, 0.29) is 24.9 Å². The Morgan fingerprint density at radius 3 is 2.21 bits per heavy atom. The van der Waals surface area contributed by atoms with E-state index in [9.17, 15) is 26.4 Å². The van der Waals surface area contributed by atoms with Crippen molar-refractivity contribution in [1.82, 2.24) is 9.80 Å². The Labute approximate surface area is 193 Å². The number of benzene rings is 2. The molecule has 0 aromatic heterocycles. The lowest BCUT2D eigenvalue weighted by Gasteiger charge is -2.45. The molecular formula is C24H29F3N2O3S. The van der Waals surface area contributed by atoms with E-state index in [1.165, 1.54) is 35.4 Å². The Hall–Kier alpha value is -2.55. The maximum atomic E-state index is 13.9. The molecule has 33 heavy (non-hydrogen) atoms. The van der Waals surface area contributed by atoms with Crippen LogP contribution in [0.15, 0.2) is 36.4 Å². The molecule has 5 nitrogen and oxygen atoms in total. The summed E-state index contributed by atoms with van der Waals surface area (Å²) in [7, 11) is -1.80. The fourth-order valence-electron chi connectivity index (χ4n) is 4.39. The molecule has 180 valence electrons. The summed E-state index contributed by atoms with van der Waals surface area (Å²) in [5.41, 5.74) is 0.509. The second-order valence-corrected chi connectivity index (χ2v) is 11.6. The van der Waals surface area contributed by atoms with Crippen LogP contribution in [-0.4, -0.2) is 49.3 Å². The van der Waals surface area contributed by atoms with E-state index in [0.717, 1.165) is 6.07 Å². The van der Waals surface area contributed by atoms with Crippen LogP contribution < -0.4 is 0 Å². The topological polar surface area (TPSA) is 57.7 Å². The Balaban J connectivity index is 1.99. The van der Waals surface area contributed by atoms with E-state index in [1.807, 2.05) is 0 Å². The van der Waals surface area contributed by atoms with Crippen molar-refractivity contribution in [3.8, 4) is 0 Å². The van der Waals surface area contributed by atoms with Crippen LogP contribution in [0.25, 0.3) is 0 Å². The third kappa shape index (κ3) is 5.18. The van der Waals surface area contributed by atoms with Gasteiger partial charge in [-0.2, -0.15) is 0 Å². The number of urea groups is 1. The van der Waals surface area contributed by atoms with Crippen molar-refractivity contribution < 1.29 is 26.4 Å². The molecule has 1 aliphatic heterocycles. The minimum Gasteiger partial charge on any atom is -0.319 e. The number of hydrogen-bond donors (Lipinski definition) is 0. The van der Waals surface area contributed by atoms with Crippen LogP contribution in [0.5, 0.6) is 0 Å². The number of piperidine rings is 1. The molecule has 0 spiro atoms. The molecule has 1 heterocycles. The number of aryl methyl sites for hydroxylation is 1. The quantitative estimate of drug-likeness (QED) is 0.620. The maximum absolute atomic E-state index is 13.9. The number of sulfone groups is 1. The molecule has 9 heteroatoms. The first-order valence-electron chi connectivity index (χ1n) is 10.7. The lowest BCUT2D eigenvalue weighted by molar-refractivity contribution is 0.0896. The highest BCUT2D eigenvalue weighted by molar-refractivity contribution is 7.91. The summed E-state index contributed by atoms with van der Waals surface area (Å²) in [6.07, 6.45) is 1.63. The van der Waals surface area contributed by atoms with Gasteiger partial charge in [-0.15, -0.1) is 0 Å². The Morgan fingerprint density at radius 1 is 1.06 bits per heavy atom. The fraction of sp³-hybridized carbons (Fsp3) is 0.458. The molecule has 1 aliphatic rings. The smallest absolute Gasteiger partial charge is 0.319 e. The zero-order chi connectivity index (χ0) is 24.7. The summed E-state index contributed by atoms with van der Waals surface area (Å²) in [4.78, 5) is 16.6. The number of carbonyl (C=O) groups excluding carboxylic acids is 1. The lowest BCUT2D eigenvalue weighted by Crippen LogP contribution is -2.53. The highest BCUT2D eigenvalue weighted by Crippen LogP contribution is 2.38. The second kappa shape index (κ2) is 9.00. The van der Waals surface area contributed by atoms with Gasteiger partial charge >= 0.3 is 6.03 Å². The average Bonchev–Trinajstić information content (AvgIpc) is 2.71. The molecule has 0 unspecified atom stereocenters. The summed E-state index contributed by atoms with van der Waals surface area (Å²) < 4.78 is 66.0. The lowest BCUT2D eigenvalue weighted by atomic mass is 9.90. The zero-order valence-electron chi connectivity index (χ0n) is 19.4. The average molecular weight is 483 g/mol. The van der Waals surface area contributed by atoms with Crippen LogP contribution in [0, 0.1) is 24.4 Å². The molecule has 2 aromatic rings. The van der Waals surface area contributed by atoms with Crippen molar-refractivity contribution in [2.24, 2.45) is 0 Å². The highest BCUT2D eigenvalue weighted by atomic mass is 32.2. The summed E-state index contributed by atoms with van der Waals surface area (Å²) in [5.74, 6) is -1.91. The summed E-state index contributed by atoms with van der Waals surface area (Å²) in [5, 5.41) is -0.633. The van der Waals surface area contributed by atoms with Gasteiger partial charge in [0.1, 0.15) is 27.3 Å². The molecule has 3 rings (SSSR count). The second-order valence-electron chi connectivity index (χ2n) is 9.24. The molecule has 0 radical (unpaired) electrons. The van der Waals surface area contributed by atoms with Crippen molar-refractivity contribution in [3.05, 3.63) is 70.5 Å². The fourth-order valence-corrected chi connectivity index (χ4v) is 5.46. The predicted octanol–water partition coefficient (Wildman–Crippen LogP) is 4.95. The van der Waals surface area contributed by atoms with Gasteiger partial charge in [0.15, 0.2) is 0 Å². The Kier molecular flexibility index (Phi) is 6.84. The number of carbonyl (C=O) groups is 1. The molecule has 0 saturated carbocycles. The van der Waals surface area contributed by atoms with Crippen molar-refractivity contribution >= 4 is 15.9 Å². The molecule has 0 N–H and O–H groups in total. The van der Waals surface area contributed by atoms with Gasteiger partial charge in [-0.25, -0.2) is 26.4 Å². The molecule has 2 aromatic carbocycles. The van der Waals surface area contributed by atoms with E-state index < -0.39 is 50.2 Å². The minimum absolute atomic E-state index is 0.177. The number of amides is 2. The third-order valence-corrected chi connectivity index (χ3v) is 8.33. The highest BCUT2D eigenvalue weighted by Gasteiger charge is 2.41. The normalized spacial score (nSPS) is 19.5. The first-order chi connectivity index (χ1) is 15.2. The van der Waals surface area contributed by atoms with E-state index in [1.54, 1.807) is 38.8 Å². The Morgan fingerprint density at radius 2 is 1.67 bits per heavy atom. The van der Waals surface area contributed by atoms with E-state index in [2.05, 4.69) is 0 Å². The van der Waals surface area contributed by atoms with Gasteiger partial charge in [0.25, 0.3) is 0 Å². The predicted molar refractivity (Wildman–Crippen MR) is 121 cm³/mol. The zero-order valence-corrected chi connectivity index (χ0v) is 20.2. The molecule has 2 amide bonds. The molecule has 1 saturated heterocycles. The van der Waals surface area contributed by atoms with Gasteiger partial charge in [0, 0.05) is 25.9 Å². The van der Waals surface area contributed by atoms with E-state index in [4.69, 9.17) is 0 Å². The van der Waals surface area contributed by atoms with Crippen LogP contribution in [0.2, 0.25) is 0 Å². The van der Waals surface area contributed by atoms with Crippen molar-refractivity contribution in [1.29, 1.82) is 0 Å². The number of likely N-dealkylation sites (tertiary alicyclic amines) is 1. The summed E-state index contributed by atoms with van der Waals surface area (Å²) in [6, 6.07) is 6.36. The Bertz CT molecular complexity index is 1150. The monoisotopic (exact) mass is 482 g/mol. The number of hydrogen-bond acceptors (Lipinski definition) is 3. The van der Waals surface area contributed by atoms with Crippen LogP contribution in [0.3, 0.4) is 0 Å². The van der Waals surface area contributed by atoms with Crippen molar-refractivity contribution in [2.75, 3.05) is 19.8 Å². The van der Waals surface area contributed by atoms with Gasteiger partial charge in [0.2, 0.25) is 0 Å². The molecular weight excluding hydrogens is 453 g/mol. The van der Waals surface area contributed by atoms with E-state index >= 15 is 0 Å². The van der Waals surface area contributed by atoms with Gasteiger partial charge in [-0.05, 0) is 74.6 Å². The molecule has 0 bridgehead atoms. The SMILES string of the molecule is Cc1cc(F)ccc1[C@H]1C[C@@H](S(C)(=O)=O)CCN1C(=O)N(C)C(C)(C)c1cc(F)cc(F)c1. The largest absolute Gasteiger partial charge is 0.320 e. The molecule has 0 aliphatic carbocycles. The molecule has 1 fully saturated rings. The van der Waals surface area contributed by atoms with Crippen LogP contribution in [0.4, 0.5) is 18.0 Å². The van der Waals surface area contributed by atoms with Gasteiger partial charge in [0.05, 0.1) is 16.8 Å². The maximum Gasteiger partial charge on any atom is 0.320 e. The number of halogens is 3. The van der Waals surface area contributed by atoms with Crippen molar-refractivity contribution in [3.63, 3.8) is 0 Å². The summed E-state index contributed by atoms with van der Waals surface area (Å²) >= 11 is 0. The number of nitrogens with zero attached hydrogens (tertiary/aromatic N) is 2. The van der Waals surface area contributed by atoms with Gasteiger partial charge in [-0.3, -0.25) is 0 Å².